The third-order valence-corrected chi connectivity index (χ3v) is 8.05. The molecule has 2 fully saturated rings. The molecule has 0 radical (unpaired) electrons. The van der Waals surface area contributed by atoms with Crippen LogP contribution in [0.2, 0.25) is 0 Å². The van der Waals surface area contributed by atoms with E-state index < -0.39 is 5.41 Å². The molecule has 190 valence electrons. The van der Waals surface area contributed by atoms with Gasteiger partial charge in [0.05, 0.1) is 11.6 Å². The van der Waals surface area contributed by atoms with E-state index in [2.05, 4.69) is 34.3 Å². The second-order valence-electron chi connectivity index (χ2n) is 10.3. The molecule has 0 bridgehead atoms. The summed E-state index contributed by atoms with van der Waals surface area (Å²) in [7, 11) is 2.13. The van der Waals surface area contributed by atoms with E-state index in [0.717, 1.165) is 63.5 Å². The van der Waals surface area contributed by atoms with Crippen molar-refractivity contribution >= 4 is 17.6 Å². The van der Waals surface area contributed by atoms with Crippen molar-refractivity contribution in [2.24, 2.45) is 0 Å². The van der Waals surface area contributed by atoms with Crippen LogP contribution >= 0.6 is 0 Å². The summed E-state index contributed by atoms with van der Waals surface area (Å²) in [5.41, 5.74) is 0.972. The highest BCUT2D eigenvalue weighted by Gasteiger charge is 2.48. The van der Waals surface area contributed by atoms with E-state index in [1.165, 1.54) is 6.26 Å². The molecule has 10 heteroatoms. The molecule has 3 aliphatic rings. The van der Waals surface area contributed by atoms with Crippen molar-refractivity contribution < 1.29 is 18.5 Å². The lowest BCUT2D eigenvalue weighted by Crippen LogP contribution is -2.41. The number of likely N-dealkylation sites (N-methyl/N-ethyl adjacent to an activating group) is 1. The van der Waals surface area contributed by atoms with Crippen LogP contribution in [-0.4, -0.2) is 56.5 Å². The zero-order valence-corrected chi connectivity index (χ0v) is 20.8. The zero-order chi connectivity index (χ0) is 24.7. The Kier molecular flexibility index (Phi) is 5.99. The molecule has 1 spiro atoms. The van der Waals surface area contributed by atoms with Gasteiger partial charge in [-0.15, -0.1) is 0 Å². The van der Waals surface area contributed by atoms with Gasteiger partial charge in [0.25, 0.3) is 6.01 Å². The highest BCUT2D eigenvalue weighted by molar-refractivity contribution is 5.91. The molecule has 1 saturated carbocycles. The highest BCUT2D eigenvalue weighted by atomic mass is 16.5. The summed E-state index contributed by atoms with van der Waals surface area (Å²) in [4.78, 5) is 29.0. The van der Waals surface area contributed by atoms with Crippen molar-refractivity contribution in [3.8, 4) is 17.4 Å². The van der Waals surface area contributed by atoms with Crippen LogP contribution < -0.4 is 10.1 Å². The van der Waals surface area contributed by atoms with Crippen LogP contribution in [0.4, 0.5) is 11.8 Å². The first-order valence-corrected chi connectivity index (χ1v) is 13.0. The van der Waals surface area contributed by atoms with E-state index >= 15 is 0 Å². The third-order valence-electron chi connectivity index (χ3n) is 8.05. The maximum Gasteiger partial charge on any atom is 0.300 e. The lowest BCUT2D eigenvalue weighted by molar-refractivity contribution is -0.128. The summed E-state index contributed by atoms with van der Waals surface area (Å²) >= 11 is 0. The van der Waals surface area contributed by atoms with Crippen LogP contribution in [0.5, 0.6) is 5.88 Å². The predicted octanol–water partition coefficient (Wildman–Crippen LogP) is 4.44. The maximum atomic E-state index is 13.1. The van der Waals surface area contributed by atoms with Gasteiger partial charge >= 0.3 is 0 Å². The fraction of sp³-hybridized carbons (Fsp3) is 0.577. The molecule has 36 heavy (non-hydrogen) atoms. The van der Waals surface area contributed by atoms with Crippen LogP contribution in [0.3, 0.4) is 0 Å². The number of likely N-dealkylation sites (tertiary alicyclic amines) is 1. The van der Waals surface area contributed by atoms with Gasteiger partial charge in [0.15, 0.2) is 17.3 Å². The molecule has 0 amide bonds. The number of hydrogen-bond acceptors (Lipinski definition) is 10. The zero-order valence-electron chi connectivity index (χ0n) is 20.8. The van der Waals surface area contributed by atoms with Gasteiger partial charge in [-0.25, -0.2) is 9.97 Å². The number of Topliss-reactive ketones (excluding diaryl/α,β-unsaturated/α-hetero) is 1. The fourth-order valence-electron chi connectivity index (χ4n) is 6.22. The average Bonchev–Trinajstić information content (AvgIpc) is 3.62. The molecule has 3 aromatic rings. The van der Waals surface area contributed by atoms with Gasteiger partial charge in [-0.3, -0.25) is 15.0 Å². The molecule has 1 saturated heterocycles. The summed E-state index contributed by atoms with van der Waals surface area (Å²) in [6, 6.07) is 2.39. The van der Waals surface area contributed by atoms with Crippen molar-refractivity contribution in [1.82, 2.24) is 25.0 Å². The molecule has 10 nitrogen and oxygen atoms in total. The molecule has 0 unspecified atom stereocenters. The van der Waals surface area contributed by atoms with Gasteiger partial charge < -0.3 is 13.7 Å². The standard InChI is InChI=1S/C26H32N6O4/c1-16(18-8-6-13-32(18)2)35-21-15-20(29-25-27-12-14-34-25)28-24(30-21)22-17-7-5-11-26(23(17)36-31-22)10-4-3-9-19(26)33/h12,14-16,18H,3-11,13H2,1-2H3,(H,27,28,29,30)/t16-,18-,26+/m0/s1. The molecule has 1 N–H and O–H groups in total. The van der Waals surface area contributed by atoms with Crippen LogP contribution in [0.15, 0.2) is 27.5 Å². The minimum atomic E-state index is -0.550. The van der Waals surface area contributed by atoms with E-state index in [1.54, 1.807) is 12.3 Å². The molecule has 0 aromatic carbocycles. The number of nitrogens with one attached hydrogen (secondary N) is 1. The Morgan fingerprint density at radius 3 is 2.86 bits per heavy atom. The second kappa shape index (κ2) is 9.31. The maximum absolute atomic E-state index is 13.1. The smallest absolute Gasteiger partial charge is 0.300 e. The largest absolute Gasteiger partial charge is 0.473 e. The molecule has 6 rings (SSSR count). The average molecular weight is 493 g/mol. The van der Waals surface area contributed by atoms with Crippen molar-refractivity contribution in [3.63, 3.8) is 0 Å². The number of hydrogen-bond donors (Lipinski definition) is 1. The quantitative estimate of drug-likeness (QED) is 0.529. The van der Waals surface area contributed by atoms with Gasteiger partial charge in [0.1, 0.15) is 24.0 Å². The van der Waals surface area contributed by atoms with Gasteiger partial charge in [0, 0.05) is 24.1 Å². The van der Waals surface area contributed by atoms with E-state index in [0.29, 0.717) is 47.5 Å². The Morgan fingerprint density at radius 1 is 1.19 bits per heavy atom. The van der Waals surface area contributed by atoms with E-state index in [-0.39, 0.29) is 11.9 Å². The minimum absolute atomic E-state index is 0.0517. The van der Waals surface area contributed by atoms with Gasteiger partial charge in [-0.2, -0.15) is 4.98 Å². The molecule has 2 aliphatic carbocycles. The Hall–Kier alpha value is -3.27. The molecule has 3 atom stereocenters. The lowest BCUT2D eigenvalue weighted by atomic mass is 9.64. The first kappa shape index (κ1) is 23.1. The summed E-state index contributed by atoms with van der Waals surface area (Å²) in [5, 5.41) is 7.51. The van der Waals surface area contributed by atoms with Crippen molar-refractivity contribution in [2.75, 3.05) is 18.9 Å². The van der Waals surface area contributed by atoms with E-state index in [4.69, 9.17) is 23.6 Å². The predicted molar refractivity (Wildman–Crippen MR) is 131 cm³/mol. The summed E-state index contributed by atoms with van der Waals surface area (Å²) < 4.78 is 17.6. The monoisotopic (exact) mass is 492 g/mol. The molecular weight excluding hydrogens is 460 g/mol. The first-order valence-electron chi connectivity index (χ1n) is 13.0. The lowest BCUT2D eigenvalue weighted by Gasteiger charge is -2.36. The molecule has 1 aliphatic heterocycles. The molecular formula is C26H32N6O4. The first-order chi connectivity index (χ1) is 17.5. The summed E-state index contributed by atoms with van der Waals surface area (Å²) in [5.74, 6) is 2.32. The number of rotatable bonds is 6. The van der Waals surface area contributed by atoms with Crippen LogP contribution in [0.1, 0.15) is 69.6 Å². The van der Waals surface area contributed by atoms with E-state index in [9.17, 15) is 4.79 Å². The van der Waals surface area contributed by atoms with Crippen molar-refractivity contribution in [3.05, 3.63) is 29.9 Å². The Bertz CT molecular complexity index is 1240. The number of fused-ring (bicyclic) bond motifs is 2. The number of carbonyl (C=O) groups is 1. The summed E-state index contributed by atoms with van der Waals surface area (Å²) in [6.45, 7) is 3.14. The number of oxazole rings is 1. The number of carbonyl (C=O) groups excluding carboxylic acids is 1. The number of nitrogens with zero attached hydrogens (tertiary/aromatic N) is 5. The number of anilines is 2. The minimum Gasteiger partial charge on any atom is -0.473 e. The van der Waals surface area contributed by atoms with Crippen LogP contribution in [-0.2, 0) is 16.6 Å². The normalized spacial score (nSPS) is 25.2. The topological polar surface area (TPSA) is 119 Å². The fourth-order valence-corrected chi connectivity index (χ4v) is 6.22. The van der Waals surface area contributed by atoms with E-state index in [1.807, 2.05) is 0 Å². The second-order valence-corrected chi connectivity index (χ2v) is 10.3. The van der Waals surface area contributed by atoms with Gasteiger partial charge in [-0.05, 0) is 65.5 Å². The number of ether oxygens (including phenoxy) is 1. The highest BCUT2D eigenvalue weighted by Crippen LogP contribution is 2.47. The SMILES string of the molecule is C[C@H](Oc1cc(Nc2ncco2)nc(-c2noc3c2CCC[C@@]32CCCCC2=O)n1)[C@@H]1CCCN1C. The van der Waals surface area contributed by atoms with Crippen LogP contribution in [0, 0.1) is 0 Å². The van der Waals surface area contributed by atoms with Gasteiger partial charge in [0.2, 0.25) is 5.88 Å². The Balaban J connectivity index is 1.37. The van der Waals surface area contributed by atoms with Crippen molar-refractivity contribution in [2.45, 2.75) is 82.3 Å². The Morgan fingerprint density at radius 2 is 2.08 bits per heavy atom. The molecule has 4 heterocycles. The number of aromatic nitrogens is 4. The third kappa shape index (κ3) is 4.07. The summed E-state index contributed by atoms with van der Waals surface area (Å²) in [6.07, 6.45) is 11.2. The van der Waals surface area contributed by atoms with Crippen LogP contribution in [0.25, 0.3) is 11.5 Å². The molecule has 3 aromatic heterocycles. The number of ketones is 1. The van der Waals surface area contributed by atoms with Crippen molar-refractivity contribution in [1.29, 1.82) is 0 Å². The van der Waals surface area contributed by atoms with Gasteiger partial charge in [-0.1, -0.05) is 11.6 Å². The Labute approximate surface area is 209 Å².